The molecule has 0 fully saturated rings. The Kier molecular flexibility index (Phi) is 6.38. The summed E-state index contributed by atoms with van der Waals surface area (Å²) in [7, 11) is 3.57. The Morgan fingerprint density at radius 1 is 1.00 bits per heavy atom. The molecule has 1 aliphatic heterocycles. The quantitative estimate of drug-likeness (QED) is 0.604. The van der Waals surface area contributed by atoms with E-state index in [1.807, 2.05) is 84.7 Å². The van der Waals surface area contributed by atoms with Crippen molar-refractivity contribution < 1.29 is 19.0 Å². The van der Waals surface area contributed by atoms with Crippen molar-refractivity contribution in [3.05, 3.63) is 89.5 Å². The highest BCUT2D eigenvalue weighted by Crippen LogP contribution is 2.32. The Balaban J connectivity index is 1.43. The highest BCUT2D eigenvalue weighted by Gasteiger charge is 2.19. The van der Waals surface area contributed by atoms with Gasteiger partial charge >= 0.3 is 0 Å². The molecule has 1 atom stereocenters. The van der Waals surface area contributed by atoms with E-state index in [0.29, 0.717) is 6.54 Å². The SMILES string of the molecule is COc1ccc([C@@H](NC(=O)CN(C)Cc2ccc3c(c2)OCO3)c2ccccc2)cc1. The third-order valence-electron chi connectivity index (χ3n) is 5.19. The molecule has 3 aromatic carbocycles. The van der Waals surface area contributed by atoms with Crippen LogP contribution in [0, 0.1) is 0 Å². The molecular weight excluding hydrogens is 392 g/mol. The van der Waals surface area contributed by atoms with Crippen molar-refractivity contribution in [2.45, 2.75) is 12.6 Å². The number of hydrogen-bond donors (Lipinski definition) is 1. The summed E-state index contributed by atoms with van der Waals surface area (Å²) in [5, 5.41) is 3.18. The molecule has 31 heavy (non-hydrogen) atoms. The van der Waals surface area contributed by atoms with Crippen LogP contribution < -0.4 is 19.5 Å². The maximum Gasteiger partial charge on any atom is 0.234 e. The third kappa shape index (κ3) is 5.16. The predicted molar refractivity (Wildman–Crippen MR) is 118 cm³/mol. The van der Waals surface area contributed by atoms with E-state index in [-0.39, 0.29) is 25.3 Å². The average Bonchev–Trinajstić information content (AvgIpc) is 3.26. The molecule has 6 nitrogen and oxygen atoms in total. The number of carbonyl (C=O) groups is 1. The Morgan fingerprint density at radius 2 is 1.71 bits per heavy atom. The van der Waals surface area contributed by atoms with Gasteiger partial charge in [0.1, 0.15) is 5.75 Å². The van der Waals surface area contributed by atoms with Crippen molar-refractivity contribution in [3.8, 4) is 17.2 Å². The molecule has 3 aromatic rings. The molecule has 0 saturated heterocycles. The fourth-order valence-electron chi connectivity index (χ4n) is 3.66. The van der Waals surface area contributed by atoms with Crippen LogP contribution >= 0.6 is 0 Å². The van der Waals surface area contributed by atoms with Gasteiger partial charge in [-0.05, 0) is 48.0 Å². The van der Waals surface area contributed by atoms with Crippen LogP contribution in [0.25, 0.3) is 0 Å². The van der Waals surface area contributed by atoms with Gasteiger partial charge in [-0.2, -0.15) is 0 Å². The van der Waals surface area contributed by atoms with Crippen LogP contribution in [0.5, 0.6) is 17.2 Å². The summed E-state index contributed by atoms with van der Waals surface area (Å²) >= 11 is 0. The van der Waals surface area contributed by atoms with Crippen LogP contribution in [0.15, 0.2) is 72.8 Å². The van der Waals surface area contributed by atoms with Crippen LogP contribution in [0.4, 0.5) is 0 Å². The summed E-state index contributed by atoms with van der Waals surface area (Å²) in [6.45, 7) is 1.15. The first-order valence-electron chi connectivity index (χ1n) is 10.2. The molecule has 4 rings (SSSR count). The van der Waals surface area contributed by atoms with Gasteiger partial charge in [-0.25, -0.2) is 0 Å². The standard InChI is InChI=1S/C25H26N2O4/c1-27(15-18-8-13-22-23(14-18)31-17-30-22)16-24(28)26-25(19-6-4-3-5-7-19)20-9-11-21(29-2)12-10-20/h3-14,25H,15-17H2,1-2H3,(H,26,28)/t25-/m0/s1. The van der Waals surface area contributed by atoms with Gasteiger partial charge in [0, 0.05) is 6.54 Å². The number of fused-ring (bicyclic) bond motifs is 1. The first-order valence-corrected chi connectivity index (χ1v) is 10.2. The molecule has 1 aliphatic rings. The molecule has 1 N–H and O–H groups in total. The topological polar surface area (TPSA) is 60.0 Å². The van der Waals surface area contributed by atoms with Gasteiger partial charge in [-0.1, -0.05) is 48.5 Å². The number of benzene rings is 3. The second kappa shape index (κ2) is 9.53. The van der Waals surface area contributed by atoms with Crippen LogP contribution in [-0.2, 0) is 11.3 Å². The normalized spacial score (nSPS) is 13.1. The number of nitrogens with zero attached hydrogens (tertiary/aromatic N) is 1. The lowest BCUT2D eigenvalue weighted by Gasteiger charge is -2.22. The van der Waals surface area contributed by atoms with Crippen LogP contribution in [-0.4, -0.2) is 38.3 Å². The molecule has 160 valence electrons. The first-order chi connectivity index (χ1) is 15.1. The number of methoxy groups -OCH3 is 1. The number of hydrogen-bond acceptors (Lipinski definition) is 5. The molecule has 0 spiro atoms. The van der Waals surface area contributed by atoms with E-state index >= 15 is 0 Å². The number of likely N-dealkylation sites (N-methyl/N-ethyl adjacent to an activating group) is 1. The van der Waals surface area contributed by atoms with Gasteiger partial charge in [-0.15, -0.1) is 0 Å². The van der Waals surface area contributed by atoms with E-state index in [1.165, 1.54) is 0 Å². The van der Waals surface area contributed by atoms with Crippen LogP contribution in [0.3, 0.4) is 0 Å². The number of carbonyl (C=O) groups excluding carboxylic acids is 1. The molecule has 1 amide bonds. The number of rotatable bonds is 8. The van der Waals surface area contributed by atoms with Gasteiger partial charge in [0.2, 0.25) is 12.7 Å². The van der Waals surface area contributed by atoms with Crippen molar-refractivity contribution in [3.63, 3.8) is 0 Å². The summed E-state index contributed by atoms with van der Waals surface area (Å²) < 4.78 is 16.1. The Labute approximate surface area is 182 Å². The van der Waals surface area contributed by atoms with E-state index in [1.54, 1.807) is 7.11 Å². The number of amides is 1. The lowest BCUT2D eigenvalue weighted by Crippen LogP contribution is -2.37. The summed E-state index contributed by atoms with van der Waals surface area (Å²) in [5.41, 5.74) is 3.09. The first kappa shape index (κ1) is 20.8. The third-order valence-corrected chi connectivity index (χ3v) is 5.19. The zero-order valence-electron chi connectivity index (χ0n) is 17.7. The van der Waals surface area contributed by atoms with E-state index in [2.05, 4.69) is 5.32 Å². The highest BCUT2D eigenvalue weighted by molar-refractivity contribution is 5.79. The van der Waals surface area contributed by atoms with Gasteiger partial charge < -0.3 is 19.5 Å². The monoisotopic (exact) mass is 418 g/mol. The van der Waals surface area contributed by atoms with E-state index in [4.69, 9.17) is 14.2 Å². The minimum atomic E-state index is -0.237. The fourth-order valence-corrected chi connectivity index (χ4v) is 3.66. The van der Waals surface area contributed by atoms with E-state index < -0.39 is 0 Å². The van der Waals surface area contributed by atoms with E-state index in [0.717, 1.165) is 33.9 Å². The number of ether oxygens (including phenoxy) is 3. The molecule has 6 heteroatoms. The Morgan fingerprint density at radius 3 is 2.45 bits per heavy atom. The lowest BCUT2D eigenvalue weighted by atomic mass is 9.98. The molecule has 0 aromatic heterocycles. The smallest absolute Gasteiger partial charge is 0.234 e. The second-order valence-corrected chi connectivity index (χ2v) is 7.54. The van der Waals surface area contributed by atoms with Crippen molar-refractivity contribution >= 4 is 5.91 Å². The molecule has 0 bridgehead atoms. The maximum absolute atomic E-state index is 12.9. The van der Waals surface area contributed by atoms with Crippen molar-refractivity contribution in [1.82, 2.24) is 10.2 Å². The second-order valence-electron chi connectivity index (χ2n) is 7.54. The van der Waals surface area contributed by atoms with Gasteiger partial charge in [0.15, 0.2) is 11.5 Å². The zero-order valence-corrected chi connectivity index (χ0v) is 17.7. The van der Waals surface area contributed by atoms with Gasteiger partial charge in [0.05, 0.1) is 19.7 Å². The van der Waals surface area contributed by atoms with Gasteiger partial charge in [-0.3, -0.25) is 9.69 Å². The summed E-state index contributed by atoms with van der Waals surface area (Å²) in [4.78, 5) is 14.9. The predicted octanol–water partition coefficient (Wildman–Crippen LogP) is 3.76. The lowest BCUT2D eigenvalue weighted by molar-refractivity contribution is -0.122. The minimum Gasteiger partial charge on any atom is -0.497 e. The molecule has 0 saturated carbocycles. The molecular formula is C25H26N2O4. The molecule has 0 aliphatic carbocycles. The minimum absolute atomic E-state index is 0.0482. The summed E-state index contributed by atoms with van der Waals surface area (Å²) in [5.74, 6) is 2.24. The van der Waals surface area contributed by atoms with E-state index in [9.17, 15) is 4.79 Å². The van der Waals surface area contributed by atoms with Crippen molar-refractivity contribution in [2.75, 3.05) is 27.5 Å². The number of nitrogens with one attached hydrogen (secondary N) is 1. The molecule has 0 unspecified atom stereocenters. The van der Waals surface area contributed by atoms with Crippen LogP contribution in [0.1, 0.15) is 22.7 Å². The van der Waals surface area contributed by atoms with Crippen molar-refractivity contribution in [2.24, 2.45) is 0 Å². The van der Waals surface area contributed by atoms with Crippen LogP contribution in [0.2, 0.25) is 0 Å². The highest BCUT2D eigenvalue weighted by atomic mass is 16.7. The Hall–Kier alpha value is -3.51. The average molecular weight is 418 g/mol. The molecule has 0 radical (unpaired) electrons. The summed E-state index contributed by atoms with van der Waals surface area (Å²) in [6, 6.07) is 23.3. The fraction of sp³-hybridized carbons (Fsp3) is 0.240. The molecule has 1 heterocycles. The Bertz CT molecular complexity index is 1020. The largest absolute Gasteiger partial charge is 0.497 e. The zero-order chi connectivity index (χ0) is 21.6. The maximum atomic E-state index is 12.9. The van der Waals surface area contributed by atoms with Crippen molar-refractivity contribution in [1.29, 1.82) is 0 Å². The van der Waals surface area contributed by atoms with Gasteiger partial charge in [0.25, 0.3) is 0 Å². The summed E-state index contributed by atoms with van der Waals surface area (Å²) in [6.07, 6.45) is 0.